The van der Waals surface area contributed by atoms with Gasteiger partial charge in [-0.05, 0) is 44.9 Å². The topological polar surface area (TPSA) is 21.3 Å². The molecule has 0 amide bonds. The molecule has 1 rings (SSSR count). The van der Waals surface area contributed by atoms with Gasteiger partial charge in [-0.25, -0.2) is 0 Å². The van der Waals surface area contributed by atoms with Crippen LogP contribution in [0, 0.1) is 13.8 Å². The SMILES string of the molecule is CCNc1c(C)c(Cl)cc(C)c1OCC. The number of nitrogens with one attached hydrogen (secondary N) is 1. The number of benzene rings is 1. The van der Waals surface area contributed by atoms with Gasteiger partial charge in [0.05, 0.1) is 12.3 Å². The number of ether oxygens (including phenoxy) is 1. The Hall–Kier alpha value is -0.890. The van der Waals surface area contributed by atoms with Gasteiger partial charge in [0.2, 0.25) is 0 Å². The summed E-state index contributed by atoms with van der Waals surface area (Å²) in [6.07, 6.45) is 0. The third kappa shape index (κ3) is 2.57. The first-order valence-electron chi connectivity index (χ1n) is 5.28. The molecule has 1 aromatic rings. The Balaban J connectivity index is 3.26. The van der Waals surface area contributed by atoms with Crippen molar-refractivity contribution >= 4 is 17.3 Å². The van der Waals surface area contributed by atoms with Crippen LogP contribution >= 0.6 is 11.6 Å². The van der Waals surface area contributed by atoms with Crippen molar-refractivity contribution < 1.29 is 4.74 Å². The lowest BCUT2D eigenvalue weighted by Crippen LogP contribution is -2.05. The van der Waals surface area contributed by atoms with Crippen LogP contribution in [0.3, 0.4) is 0 Å². The van der Waals surface area contributed by atoms with Crippen molar-refractivity contribution in [2.24, 2.45) is 0 Å². The van der Waals surface area contributed by atoms with Crippen molar-refractivity contribution in [2.45, 2.75) is 27.7 Å². The molecule has 0 aliphatic rings. The third-order valence-corrected chi connectivity index (χ3v) is 2.70. The minimum atomic E-state index is 0.667. The zero-order chi connectivity index (χ0) is 11.4. The highest BCUT2D eigenvalue weighted by atomic mass is 35.5. The highest BCUT2D eigenvalue weighted by Gasteiger charge is 2.12. The van der Waals surface area contributed by atoms with Crippen LogP contribution in [-0.2, 0) is 0 Å². The van der Waals surface area contributed by atoms with Gasteiger partial charge < -0.3 is 10.1 Å². The summed E-state index contributed by atoms with van der Waals surface area (Å²) in [5.41, 5.74) is 3.14. The number of halogens is 1. The number of hydrogen-bond acceptors (Lipinski definition) is 2. The van der Waals surface area contributed by atoms with E-state index < -0.39 is 0 Å². The van der Waals surface area contributed by atoms with E-state index in [1.165, 1.54) is 0 Å². The maximum atomic E-state index is 6.13. The monoisotopic (exact) mass is 227 g/mol. The first-order valence-corrected chi connectivity index (χ1v) is 5.65. The van der Waals surface area contributed by atoms with E-state index in [9.17, 15) is 0 Å². The van der Waals surface area contributed by atoms with Crippen LogP contribution in [0.15, 0.2) is 6.07 Å². The zero-order valence-corrected chi connectivity index (χ0v) is 10.5. The Kier molecular flexibility index (Phi) is 4.28. The summed E-state index contributed by atoms with van der Waals surface area (Å²) in [5.74, 6) is 0.918. The average molecular weight is 228 g/mol. The van der Waals surface area contributed by atoms with Gasteiger partial charge in [0.1, 0.15) is 5.75 Å². The number of hydrogen-bond donors (Lipinski definition) is 1. The van der Waals surface area contributed by atoms with Gasteiger partial charge in [0.25, 0.3) is 0 Å². The second kappa shape index (κ2) is 5.26. The molecule has 1 aromatic carbocycles. The largest absolute Gasteiger partial charge is 0.491 e. The Morgan fingerprint density at radius 2 is 2.00 bits per heavy atom. The second-order valence-electron chi connectivity index (χ2n) is 3.47. The van der Waals surface area contributed by atoms with Crippen LogP contribution in [0.1, 0.15) is 25.0 Å². The quantitative estimate of drug-likeness (QED) is 0.845. The molecule has 0 heterocycles. The van der Waals surface area contributed by atoms with E-state index in [0.717, 1.165) is 34.1 Å². The number of rotatable bonds is 4. The Bertz CT molecular complexity index is 350. The molecule has 0 aromatic heterocycles. The molecule has 0 aliphatic carbocycles. The van der Waals surface area contributed by atoms with Gasteiger partial charge >= 0.3 is 0 Å². The first kappa shape index (κ1) is 12.2. The van der Waals surface area contributed by atoms with E-state index in [-0.39, 0.29) is 0 Å². The van der Waals surface area contributed by atoms with Crippen LogP contribution in [0.5, 0.6) is 5.75 Å². The average Bonchev–Trinajstić information content (AvgIpc) is 2.20. The molecule has 15 heavy (non-hydrogen) atoms. The molecule has 0 radical (unpaired) electrons. The van der Waals surface area contributed by atoms with Gasteiger partial charge in [-0.2, -0.15) is 0 Å². The molecule has 0 spiro atoms. The minimum absolute atomic E-state index is 0.667. The molecule has 0 bridgehead atoms. The number of aryl methyl sites for hydroxylation is 1. The molecule has 0 saturated carbocycles. The van der Waals surface area contributed by atoms with Crippen molar-refractivity contribution in [1.82, 2.24) is 0 Å². The summed E-state index contributed by atoms with van der Waals surface area (Å²) in [7, 11) is 0. The fourth-order valence-corrected chi connectivity index (χ4v) is 1.83. The Morgan fingerprint density at radius 3 is 2.53 bits per heavy atom. The summed E-state index contributed by atoms with van der Waals surface area (Å²) >= 11 is 6.13. The Morgan fingerprint density at radius 1 is 1.33 bits per heavy atom. The second-order valence-corrected chi connectivity index (χ2v) is 3.87. The molecule has 0 aliphatic heterocycles. The molecule has 0 saturated heterocycles. The van der Waals surface area contributed by atoms with Crippen LogP contribution in [-0.4, -0.2) is 13.2 Å². The molecular weight excluding hydrogens is 210 g/mol. The van der Waals surface area contributed by atoms with E-state index in [4.69, 9.17) is 16.3 Å². The molecular formula is C12H18ClNO. The standard InChI is InChI=1S/C12H18ClNO/c1-5-14-11-9(4)10(13)7-8(3)12(11)15-6-2/h7,14H,5-6H2,1-4H3. The van der Waals surface area contributed by atoms with Crippen molar-refractivity contribution in [1.29, 1.82) is 0 Å². The summed E-state index contributed by atoms with van der Waals surface area (Å²) in [4.78, 5) is 0. The lowest BCUT2D eigenvalue weighted by atomic mass is 10.1. The third-order valence-electron chi connectivity index (χ3n) is 2.30. The van der Waals surface area contributed by atoms with Crippen LogP contribution in [0.25, 0.3) is 0 Å². The van der Waals surface area contributed by atoms with E-state index in [0.29, 0.717) is 6.61 Å². The maximum Gasteiger partial charge on any atom is 0.145 e. The van der Waals surface area contributed by atoms with Gasteiger partial charge in [-0.3, -0.25) is 0 Å². The minimum Gasteiger partial charge on any atom is -0.491 e. The van der Waals surface area contributed by atoms with Crippen LogP contribution in [0.2, 0.25) is 5.02 Å². The maximum absolute atomic E-state index is 6.13. The fraction of sp³-hybridized carbons (Fsp3) is 0.500. The van der Waals surface area contributed by atoms with E-state index in [1.807, 2.05) is 26.8 Å². The predicted molar refractivity (Wildman–Crippen MR) is 66.3 cm³/mol. The van der Waals surface area contributed by atoms with Crippen molar-refractivity contribution in [2.75, 3.05) is 18.5 Å². The predicted octanol–water partition coefficient (Wildman–Crippen LogP) is 3.79. The normalized spacial score (nSPS) is 10.2. The molecule has 2 nitrogen and oxygen atoms in total. The highest BCUT2D eigenvalue weighted by Crippen LogP contribution is 2.36. The summed E-state index contributed by atoms with van der Waals surface area (Å²) < 4.78 is 5.64. The summed E-state index contributed by atoms with van der Waals surface area (Å²) in [6.45, 7) is 9.59. The van der Waals surface area contributed by atoms with Gasteiger partial charge in [-0.1, -0.05) is 11.6 Å². The lowest BCUT2D eigenvalue weighted by Gasteiger charge is -2.17. The molecule has 1 N–H and O–H groups in total. The lowest BCUT2D eigenvalue weighted by molar-refractivity contribution is 0.339. The molecule has 84 valence electrons. The first-order chi connectivity index (χ1) is 7.11. The van der Waals surface area contributed by atoms with Crippen LogP contribution in [0.4, 0.5) is 5.69 Å². The van der Waals surface area contributed by atoms with Gasteiger partial charge in [0.15, 0.2) is 0 Å². The molecule has 0 fully saturated rings. The van der Waals surface area contributed by atoms with Crippen molar-refractivity contribution in [3.63, 3.8) is 0 Å². The summed E-state index contributed by atoms with van der Waals surface area (Å²) in [5, 5.41) is 4.09. The van der Waals surface area contributed by atoms with E-state index in [2.05, 4.69) is 12.2 Å². The fourth-order valence-electron chi connectivity index (χ4n) is 1.57. The molecule has 3 heteroatoms. The molecule has 0 unspecified atom stereocenters. The van der Waals surface area contributed by atoms with Gasteiger partial charge in [-0.15, -0.1) is 0 Å². The highest BCUT2D eigenvalue weighted by molar-refractivity contribution is 6.32. The zero-order valence-electron chi connectivity index (χ0n) is 9.78. The summed E-state index contributed by atoms with van der Waals surface area (Å²) in [6, 6.07) is 1.95. The van der Waals surface area contributed by atoms with Gasteiger partial charge in [0, 0.05) is 11.6 Å². The van der Waals surface area contributed by atoms with Crippen molar-refractivity contribution in [3.8, 4) is 5.75 Å². The Labute approximate surface area is 96.6 Å². The van der Waals surface area contributed by atoms with E-state index in [1.54, 1.807) is 0 Å². The smallest absolute Gasteiger partial charge is 0.145 e. The van der Waals surface area contributed by atoms with E-state index >= 15 is 0 Å². The molecule has 0 atom stereocenters. The number of anilines is 1. The van der Waals surface area contributed by atoms with Crippen molar-refractivity contribution in [3.05, 3.63) is 22.2 Å². The van der Waals surface area contributed by atoms with Crippen LogP contribution < -0.4 is 10.1 Å².